The first kappa shape index (κ1) is 58.5. The Kier molecular flexibility index (Phi) is 23.1. The van der Waals surface area contributed by atoms with E-state index in [0.717, 1.165) is 0 Å². The zero-order valence-corrected chi connectivity index (χ0v) is 36.8. The summed E-state index contributed by atoms with van der Waals surface area (Å²) in [5.41, 5.74) is -7.21. The molecule has 0 saturated heterocycles. The molecule has 28 nitrogen and oxygen atoms in total. The molecule has 0 bridgehead atoms. The number of carbonyl (C=O) groups is 12. The SMILES string of the molecule is CCC(OC(=O)C(OCC[N+](C)(C)C)OC(=O)CC(CC(=O)O)(OC(=O)CC(=O)OC(CC(=O)O)(CC(=O)OC(OCC[N+](C)(C)C)C(=O)OC(CC)C(=O)O)C(=O)[O-])C(=O)[O-])C(=O)O. The Bertz CT molecular complexity index is 1660. The van der Waals surface area contributed by atoms with Crippen LogP contribution in [0.2, 0.25) is 0 Å². The van der Waals surface area contributed by atoms with Gasteiger partial charge in [-0.3, -0.25) is 28.8 Å². The van der Waals surface area contributed by atoms with E-state index in [4.69, 9.17) is 28.4 Å². The minimum absolute atomic E-state index is 0.120. The van der Waals surface area contributed by atoms with Gasteiger partial charge in [0.25, 0.3) is 0 Å². The normalized spacial score (nSPS) is 15.1. The van der Waals surface area contributed by atoms with Crippen LogP contribution < -0.4 is 10.2 Å². The van der Waals surface area contributed by atoms with E-state index in [1.165, 1.54) is 13.8 Å². The molecule has 0 heterocycles. The van der Waals surface area contributed by atoms with Crippen molar-refractivity contribution < 1.29 is 135 Å². The molecule has 368 valence electrons. The lowest BCUT2D eigenvalue weighted by molar-refractivity contribution is -0.870. The largest absolute Gasteiger partial charge is 0.546 e. The van der Waals surface area contributed by atoms with E-state index < -0.39 is 140 Å². The lowest BCUT2D eigenvalue weighted by atomic mass is 9.94. The highest BCUT2D eigenvalue weighted by Gasteiger charge is 2.46. The van der Waals surface area contributed by atoms with Crippen LogP contribution in [0.15, 0.2) is 0 Å². The van der Waals surface area contributed by atoms with E-state index in [9.17, 15) is 88.2 Å². The van der Waals surface area contributed by atoms with Crippen LogP contribution in [0.4, 0.5) is 0 Å². The summed E-state index contributed by atoms with van der Waals surface area (Å²) in [4.78, 5) is 149. The van der Waals surface area contributed by atoms with Crippen molar-refractivity contribution in [1.29, 1.82) is 0 Å². The Balaban J connectivity index is 6.61. The number of hydrogen-bond donors (Lipinski definition) is 4. The van der Waals surface area contributed by atoms with E-state index in [1.807, 2.05) is 0 Å². The maximum absolute atomic E-state index is 13.1. The summed E-state index contributed by atoms with van der Waals surface area (Å²) in [7, 11) is 10.1. The Morgan fingerprint density at radius 3 is 1.03 bits per heavy atom. The minimum atomic E-state index is -3.60. The summed E-state index contributed by atoms with van der Waals surface area (Å²) in [6, 6.07) is 0. The second-order valence-corrected chi connectivity index (χ2v) is 15.9. The van der Waals surface area contributed by atoms with Gasteiger partial charge in [0.15, 0.2) is 23.4 Å². The highest BCUT2D eigenvalue weighted by atomic mass is 16.7. The summed E-state index contributed by atoms with van der Waals surface area (Å²) >= 11 is 0. The van der Waals surface area contributed by atoms with Crippen molar-refractivity contribution in [2.24, 2.45) is 0 Å². The average molecular weight is 943 g/mol. The van der Waals surface area contributed by atoms with Crippen molar-refractivity contribution in [1.82, 2.24) is 0 Å². The van der Waals surface area contributed by atoms with E-state index in [2.05, 4.69) is 9.47 Å². The van der Waals surface area contributed by atoms with E-state index in [0.29, 0.717) is 0 Å². The highest BCUT2D eigenvalue weighted by Crippen LogP contribution is 2.26. The molecule has 0 aromatic carbocycles. The predicted molar refractivity (Wildman–Crippen MR) is 199 cm³/mol. The number of carboxylic acid groups (broad SMARTS) is 6. The summed E-state index contributed by atoms with van der Waals surface area (Å²) in [5.74, 6) is -23.8. The Morgan fingerprint density at radius 1 is 0.492 bits per heavy atom. The van der Waals surface area contributed by atoms with Crippen molar-refractivity contribution in [3.63, 3.8) is 0 Å². The maximum Gasteiger partial charge on any atom is 0.377 e. The highest BCUT2D eigenvalue weighted by molar-refractivity contribution is 5.97. The molecule has 65 heavy (non-hydrogen) atoms. The number of quaternary nitrogens is 2. The monoisotopic (exact) mass is 942 g/mol. The lowest BCUT2D eigenvalue weighted by Crippen LogP contribution is -2.55. The smallest absolute Gasteiger partial charge is 0.377 e. The number of carbonyl (C=O) groups excluding carboxylic acids is 8. The first-order valence-electron chi connectivity index (χ1n) is 19.1. The molecular weight excluding hydrogens is 888 g/mol. The summed E-state index contributed by atoms with van der Waals surface area (Å²) in [5, 5.41) is 62.2. The summed E-state index contributed by atoms with van der Waals surface area (Å²) < 4.78 is 39.4. The second kappa shape index (κ2) is 25.7. The Hall–Kier alpha value is -6.52. The molecule has 0 rings (SSSR count). The fourth-order valence-corrected chi connectivity index (χ4v) is 4.72. The molecule has 0 radical (unpaired) electrons. The zero-order chi connectivity index (χ0) is 50.7. The minimum Gasteiger partial charge on any atom is -0.546 e. The number of rotatable bonds is 32. The number of esters is 6. The fraction of sp³-hybridized carbons (Fsp3) is 0.676. The van der Waals surface area contributed by atoms with E-state index >= 15 is 0 Å². The van der Waals surface area contributed by atoms with Crippen molar-refractivity contribution in [2.75, 3.05) is 68.6 Å². The first-order chi connectivity index (χ1) is 29.7. The van der Waals surface area contributed by atoms with E-state index in [-0.39, 0.29) is 48.1 Å². The molecule has 0 saturated carbocycles. The topological polar surface area (TPSA) is 406 Å². The van der Waals surface area contributed by atoms with Crippen LogP contribution in [-0.2, 0) is 95.4 Å². The number of likely N-dealkylation sites (N-methyl/N-ethyl adjacent to an activating group) is 2. The van der Waals surface area contributed by atoms with Crippen LogP contribution in [0.25, 0.3) is 0 Å². The quantitative estimate of drug-likeness (QED) is 0.0162. The molecule has 0 aliphatic carbocycles. The number of ether oxygens (including phenoxy) is 8. The molecule has 6 unspecified atom stereocenters. The summed E-state index contributed by atoms with van der Waals surface area (Å²) in [6.45, 7) is 2.10. The third-order valence-electron chi connectivity index (χ3n) is 8.12. The van der Waals surface area contributed by atoms with Gasteiger partial charge in [-0.15, -0.1) is 0 Å². The third-order valence-corrected chi connectivity index (χ3v) is 8.12. The van der Waals surface area contributed by atoms with Crippen LogP contribution in [0.3, 0.4) is 0 Å². The van der Waals surface area contributed by atoms with Gasteiger partial charge in [-0.25, -0.2) is 19.2 Å². The molecule has 0 aromatic rings. The molecule has 6 atom stereocenters. The standard InChI is InChI=1S/C37H54N2O26/c1-9-20(28(48)49)60-30(52)32(58-13-11-38(3,4)5)62-26(46)18-36(34(54)55,16-22(40)41)64-24(44)15-25(45)65-37(35(56)57,17-23(42)43)19-27(47)63-33(59-14-12-39(6,7)8)31(53)61-21(10-2)29(50)51/h20-21,32-33H,9-19H2,1-8H3,(H4-2,40,41,42,43,48,49,50,51,54,55,56,57). The Labute approximate surface area is 369 Å². The number of carboxylic acids is 6. The van der Waals surface area contributed by atoms with Crippen LogP contribution in [0.5, 0.6) is 0 Å². The first-order valence-corrected chi connectivity index (χ1v) is 19.1. The third kappa shape index (κ3) is 22.1. The lowest BCUT2D eigenvalue weighted by Gasteiger charge is -2.34. The van der Waals surface area contributed by atoms with Gasteiger partial charge in [0, 0.05) is 0 Å². The van der Waals surface area contributed by atoms with Crippen LogP contribution in [-0.4, -0.2) is 206 Å². The average Bonchev–Trinajstić information content (AvgIpc) is 3.12. The fourth-order valence-electron chi connectivity index (χ4n) is 4.72. The van der Waals surface area contributed by atoms with Gasteiger partial charge in [0.2, 0.25) is 0 Å². The maximum atomic E-state index is 13.1. The Morgan fingerprint density at radius 2 is 0.800 bits per heavy atom. The molecular formula is C37H54N2O26. The van der Waals surface area contributed by atoms with E-state index in [1.54, 1.807) is 42.3 Å². The van der Waals surface area contributed by atoms with Crippen molar-refractivity contribution in [2.45, 2.75) is 94.8 Å². The second-order valence-electron chi connectivity index (χ2n) is 15.9. The van der Waals surface area contributed by atoms with Gasteiger partial charge in [-0.05, 0) is 12.8 Å². The molecule has 0 aromatic heterocycles. The van der Waals surface area contributed by atoms with Gasteiger partial charge in [0.05, 0.1) is 79.9 Å². The van der Waals surface area contributed by atoms with Crippen molar-refractivity contribution in [3.8, 4) is 0 Å². The van der Waals surface area contributed by atoms with Crippen LogP contribution in [0.1, 0.15) is 58.8 Å². The summed E-state index contributed by atoms with van der Waals surface area (Å²) in [6.07, 6.45) is -18.2. The van der Waals surface area contributed by atoms with Gasteiger partial charge < -0.3 is 87.1 Å². The van der Waals surface area contributed by atoms with Crippen molar-refractivity contribution >= 4 is 71.6 Å². The molecule has 0 spiro atoms. The molecule has 0 amide bonds. The van der Waals surface area contributed by atoms with Gasteiger partial charge in [-0.2, -0.15) is 0 Å². The van der Waals surface area contributed by atoms with Crippen molar-refractivity contribution in [3.05, 3.63) is 0 Å². The number of hydrogen-bond acceptors (Lipinski definition) is 22. The predicted octanol–water partition coefficient (Wildman–Crippen LogP) is -4.83. The van der Waals surface area contributed by atoms with Gasteiger partial charge >= 0.3 is 72.3 Å². The molecule has 0 fully saturated rings. The van der Waals surface area contributed by atoms with Gasteiger partial charge in [-0.1, -0.05) is 13.8 Å². The van der Waals surface area contributed by atoms with Gasteiger partial charge in [0.1, 0.15) is 32.7 Å². The molecule has 28 heteroatoms. The molecule has 0 aliphatic heterocycles. The number of aliphatic carboxylic acids is 6. The molecule has 4 N–H and O–H groups in total. The zero-order valence-electron chi connectivity index (χ0n) is 36.8. The van der Waals surface area contributed by atoms with Crippen LogP contribution >= 0.6 is 0 Å². The number of nitrogens with zero attached hydrogens (tertiary/aromatic N) is 2. The van der Waals surface area contributed by atoms with Crippen LogP contribution in [0, 0.1) is 0 Å². The molecule has 0 aliphatic rings.